The molecule has 0 aliphatic heterocycles. The van der Waals surface area contributed by atoms with Crippen LogP contribution in [0, 0.1) is 0 Å². The molecule has 0 saturated carbocycles. The topological polar surface area (TPSA) is 65.2 Å². The summed E-state index contributed by atoms with van der Waals surface area (Å²) in [5, 5.41) is 0. The lowest BCUT2D eigenvalue weighted by molar-refractivity contribution is -0.145. The molecular weight excluding hydrogens is 289 g/mol. The fourth-order valence-electron chi connectivity index (χ4n) is 1.56. The Bertz CT molecular complexity index is 638. The van der Waals surface area contributed by atoms with Crippen molar-refractivity contribution in [3.8, 4) is 11.5 Å². The molecule has 0 spiro atoms. The van der Waals surface area contributed by atoms with Gasteiger partial charge in [-0.1, -0.05) is 6.92 Å². The van der Waals surface area contributed by atoms with Gasteiger partial charge in [0.2, 0.25) is 5.89 Å². The third-order valence-electron chi connectivity index (χ3n) is 2.57. The summed E-state index contributed by atoms with van der Waals surface area (Å²) in [5.74, 6) is -0.507. The first-order chi connectivity index (χ1) is 9.91. The average Bonchev–Trinajstić information content (AvgIpc) is 2.92. The number of carbonyl (C=O) groups is 1. The van der Waals surface area contributed by atoms with Crippen molar-refractivity contribution in [3.05, 3.63) is 36.0 Å². The summed E-state index contributed by atoms with van der Waals surface area (Å²) >= 11 is 0. The predicted molar refractivity (Wildman–Crippen MR) is 64.8 cm³/mol. The van der Waals surface area contributed by atoms with Gasteiger partial charge in [-0.2, -0.15) is 13.2 Å². The lowest BCUT2D eigenvalue weighted by Crippen LogP contribution is -2.07. The van der Waals surface area contributed by atoms with Gasteiger partial charge in [-0.25, -0.2) is 4.98 Å². The summed E-state index contributed by atoms with van der Waals surface area (Å²) in [6.45, 7) is 1.45. The molecule has 2 rings (SSSR count). The largest absolute Gasteiger partial charge is 0.457 e. The van der Waals surface area contributed by atoms with E-state index < -0.39 is 17.7 Å². The van der Waals surface area contributed by atoms with Crippen molar-refractivity contribution in [2.24, 2.45) is 0 Å². The number of hydrogen-bond acceptors (Lipinski definition) is 5. The number of oxazole rings is 1. The van der Waals surface area contributed by atoms with Crippen LogP contribution < -0.4 is 0 Å². The fourth-order valence-corrected chi connectivity index (χ4v) is 1.56. The monoisotopic (exact) mass is 300 g/mol. The van der Waals surface area contributed by atoms with Crippen LogP contribution in [0.15, 0.2) is 29.1 Å². The van der Waals surface area contributed by atoms with Crippen LogP contribution in [-0.2, 0) is 22.3 Å². The number of carbonyl (C=O) groups excluding carboxylic acids is 1. The number of ether oxygens (including phenoxy) is 1. The summed E-state index contributed by atoms with van der Waals surface area (Å²) < 4.78 is 48.6. The SMILES string of the molecule is CCC(=O)OCc1cnc(-c2cnccc2C(F)(F)F)o1. The Balaban J connectivity index is 2.24. The van der Waals surface area contributed by atoms with Gasteiger partial charge < -0.3 is 9.15 Å². The molecule has 112 valence electrons. The molecule has 0 atom stereocenters. The number of esters is 1. The zero-order valence-corrected chi connectivity index (χ0v) is 11.0. The Kier molecular flexibility index (Phi) is 4.25. The lowest BCUT2D eigenvalue weighted by Gasteiger charge is -2.09. The van der Waals surface area contributed by atoms with Crippen molar-refractivity contribution in [1.29, 1.82) is 0 Å². The van der Waals surface area contributed by atoms with Crippen LogP contribution in [0.2, 0.25) is 0 Å². The molecule has 2 heterocycles. The van der Waals surface area contributed by atoms with Gasteiger partial charge in [0.05, 0.1) is 17.3 Å². The number of halogens is 3. The zero-order chi connectivity index (χ0) is 15.5. The molecule has 0 unspecified atom stereocenters. The summed E-state index contributed by atoms with van der Waals surface area (Å²) in [4.78, 5) is 18.4. The molecule has 0 saturated heterocycles. The first-order valence-corrected chi connectivity index (χ1v) is 6.03. The van der Waals surface area contributed by atoms with Gasteiger partial charge in [0, 0.05) is 18.8 Å². The quantitative estimate of drug-likeness (QED) is 0.811. The number of hydrogen-bond donors (Lipinski definition) is 0. The van der Waals surface area contributed by atoms with Crippen LogP contribution in [0.3, 0.4) is 0 Å². The van der Waals surface area contributed by atoms with Gasteiger partial charge in [-0.3, -0.25) is 9.78 Å². The van der Waals surface area contributed by atoms with Gasteiger partial charge >= 0.3 is 12.1 Å². The summed E-state index contributed by atoms with van der Waals surface area (Å²) in [6, 6.07) is 0.844. The number of nitrogens with zero attached hydrogens (tertiary/aromatic N) is 2. The van der Waals surface area contributed by atoms with Crippen molar-refractivity contribution >= 4 is 5.97 Å². The highest BCUT2D eigenvalue weighted by Crippen LogP contribution is 2.36. The van der Waals surface area contributed by atoms with E-state index in [2.05, 4.69) is 9.97 Å². The molecule has 0 fully saturated rings. The molecule has 0 aliphatic carbocycles. The van der Waals surface area contributed by atoms with E-state index >= 15 is 0 Å². The van der Waals surface area contributed by atoms with Crippen LogP contribution in [0.4, 0.5) is 13.2 Å². The smallest absolute Gasteiger partial charge is 0.417 e. The molecule has 0 N–H and O–H groups in total. The molecular formula is C13H11F3N2O3. The zero-order valence-electron chi connectivity index (χ0n) is 11.0. The maximum absolute atomic E-state index is 12.9. The van der Waals surface area contributed by atoms with Crippen LogP contribution in [0.1, 0.15) is 24.7 Å². The molecule has 0 amide bonds. The number of pyridine rings is 1. The minimum absolute atomic E-state index is 0.156. The first-order valence-electron chi connectivity index (χ1n) is 6.03. The maximum atomic E-state index is 12.9. The number of rotatable bonds is 4. The average molecular weight is 300 g/mol. The predicted octanol–water partition coefficient (Wildman–Crippen LogP) is 3.21. The molecule has 0 aliphatic rings. The minimum atomic E-state index is -4.54. The first kappa shape index (κ1) is 15.0. The van der Waals surface area contributed by atoms with Crippen molar-refractivity contribution in [1.82, 2.24) is 9.97 Å². The summed E-state index contributed by atoms with van der Waals surface area (Å²) in [6.07, 6.45) is -1.06. The lowest BCUT2D eigenvalue weighted by atomic mass is 10.1. The molecule has 0 bridgehead atoms. The second-order valence-electron chi connectivity index (χ2n) is 4.06. The van der Waals surface area contributed by atoms with Crippen LogP contribution in [-0.4, -0.2) is 15.9 Å². The number of alkyl halides is 3. The van der Waals surface area contributed by atoms with E-state index in [4.69, 9.17) is 9.15 Å². The van der Waals surface area contributed by atoms with Crippen LogP contribution in [0.25, 0.3) is 11.5 Å². The van der Waals surface area contributed by atoms with E-state index in [1.165, 1.54) is 6.20 Å². The van der Waals surface area contributed by atoms with E-state index in [9.17, 15) is 18.0 Å². The van der Waals surface area contributed by atoms with E-state index in [1.807, 2.05) is 0 Å². The maximum Gasteiger partial charge on any atom is 0.417 e. The van der Waals surface area contributed by atoms with Crippen molar-refractivity contribution in [2.75, 3.05) is 0 Å². The normalized spacial score (nSPS) is 11.4. The molecule has 2 aromatic rings. The standard InChI is InChI=1S/C13H11F3N2O3/c1-2-11(19)20-7-8-5-18-12(21-8)9-6-17-4-3-10(9)13(14,15)16/h3-6H,2,7H2,1H3. The van der Waals surface area contributed by atoms with Gasteiger partial charge in [-0.15, -0.1) is 0 Å². The van der Waals surface area contributed by atoms with Crippen LogP contribution in [0.5, 0.6) is 0 Å². The van der Waals surface area contributed by atoms with Gasteiger partial charge in [0.1, 0.15) is 0 Å². The Hall–Kier alpha value is -2.38. The number of aromatic nitrogens is 2. The second kappa shape index (κ2) is 5.94. The molecule has 8 heteroatoms. The summed E-state index contributed by atoms with van der Waals surface area (Å²) in [5.41, 5.74) is -1.16. The van der Waals surface area contributed by atoms with Crippen LogP contribution >= 0.6 is 0 Å². The Morgan fingerprint density at radius 1 is 1.38 bits per heavy atom. The molecule has 21 heavy (non-hydrogen) atoms. The molecule has 0 aromatic carbocycles. The van der Waals surface area contributed by atoms with E-state index in [0.717, 1.165) is 18.5 Å². The third kappa shape index (κ3) is 3.59. The minimum Gasteiger partial charge on any atom is -0.457 e. The van der Waals surface area contributed by atoms with Gasteiger partial charge in [0.15, 0.2) is 12.4 Å². The third-order valence-corrected chi connectivity index (χ3v) is 2.57. The highest BCUT2D eigenvalue weighted by atomic mass is 19.4. The Morgan fingerprint density at radius 3 is 2.81 bits per heavy atom. The molecule has 0 radical (unpaired) electrons. The second-order valence-corrected chi connectivity index (χ2v) is 4.06. The Labute approximate surface area is 117 Å². The van der Waals surface area contributed by atoms with Gasteiger partial charge in [0.25, 0.3) is 0 Å². The summed E-state index contributed by atoms with van der Waals surface area (Å²) in [7, 11) is 0. The molecule has 2 aromatic heterocycles. The van der Waals surface area contributed by atoms with Crippen molar-refractivity contribution in [3.63, 3.8) is 0 Å². The fraction of sp³-hybridized carbons (Fsp3) is 0.308. The van der Waals surface area contributed by atoms with E-state index in [1.54, 1.807) is 6.92 Å². The van der Waals surface area contributed by atoms with Crippen molar-refractivity contribution < 1.29 is 27.1 Å². The van der Waals surface area contributed by atoms with E-state index in [-0.39, 0.29) is 30.2 Å². The highest BCUT2D eigenvalue weighted by Gasteiger charge is 2.34. The molecule has 5 nitrogen and oxygen atoms in total. The van der Waals surface area contributed by atoms with Crippen molar-refractivity contribution in [2.45, 2.75) is 26.1 Å². The highest BCUT2D eigenvalue weighted by molar-refractivity contribution is 5.68. The van der Waals surface area contributed by atoms with E-state index in [0.29, 0.717) is 0 Å². The van der Waals surface area contributed by atoms with Gasteiger partial charge in [-0.05, 0) is 6.07 Å². The Morgan fingerprint density at radius 2 is 2.14 bits per heavy atom.